The lowest BCUT2D eigenvalue weighted by Crippen LogP contribution is -1.94. The van der Waals surface area contributed by atoms with E-state index < -0.39 is 0 Å². The molecule has 3 nitrogen and oxygen atoms in total. The van der Waals surface area contributed by atoms with Gasteiger partial charge in [0.1, 0.15) is 17.2 Å². The maximum absolute atomic E-state index is 10.7. The molecule has 0 fully saturated rings. The fraction of sp³-hybridized carbons (Fsp3) is 0.188. The third kappa shape index (κ3) is 3.75. The summed E-state index contributed by atoms with van der Waals surface area (Å²) < 4.78 is 11.2. The number of halogens is 1. The molecule has 0 N–H and O–H groups in total. The van der Waals surface area contributed by atoms with Gasteiger partial charge in [0, 0.05) is 11.6 Å². The maximum atomic E-state index is 10.7. The van der Waals surface area contributed by atoms with Gasteiger partial charge in [0.15, 0.2) is 6.29 Å². The van der Waals surface area contributed by atoms with Gasteiger partial charge in [-0.25, -0.2) is 0 Å². The molecule has 0 atom stereocenters. The molecular weight excluding hydrogens is 276 g/mol. The van der Waals surface area contributed by atoms with Crippen LogP contribution in [0.25, 0.3) is 0 Å². The van der Waals surface area contributed by atoms with Crippen molar-refractivity contribution in [1.82, 2.24) is 0 Å². The Balaban J connectivity index is 2.06. The van der Waals surface area contributed by atoms with Gasteiger partial charge in [-0.3, -0.25) is 4.79 Å². The van der Waals surface area contributed by atoms with Gasteiger partial charge in [-0.1, -0.05) is 18.5 Å². The number of rotatable bonds is 6. The SMILES string of the molecule is CCCOc1ccc(Oc2ccc(C=O)c(Cl)c2)cc1. The molecule has 0 unspecified atom stereocenters. The Morgan fingerprint density at radius 1 is 1.05 bits per heavy atom. The van der Waals surface area contributed by atoms with Gasteiger partial charge in [-0.2, -0.15) is 0 Å². The molecule has 0 amide bonds. The maximum Gasteiger partial charge on any atom is 0.151 e. The predicted octanol–water partition coefficient (Wildman–Crippen LogP) is 4.73. The lowest BCUT2D eigenvalue weighted by atomic mass is 10.2. The van der Waals surface area contributed by atoms with Gasteiger partial charge in [-0.15, -0.1) is 0 Å². The van der Waals surface area contributed by atoms with Gasteiger partial charge in [0.25, 0.3) is 0 Å². The molecule has 0 bridgehead atoms. The van der Waals surface area contributed by atoms with Crippen molar-refractivity contribution in [3.63, 3.8) is 0 Å². The van der Waals surface area contributed by atoms with Crippen molar-refractivity contribution in [2.45, 2.75) is 13.3 Å². The smallest absolute Gasteiger partial charge is 0.151 e. The van der Waals surface area contributed by atoms with E-state index in [1.54, 1.807) is 18.2 Å². The standard InChI is InChI=1S/C16H15ClO3/c1-2-9-19-13-5-7-14(8-6-13)20-15-4-3-12(11-18)16(17)10-15/h3-8,10-11H,2,9H2,1H3. The normalized spacial score (nSPS) is 10.1. The van der Waals surface area contributed by atoms with Gasteiger partial charge < -0.3 is 9.47 Å². The molecule has 0 aliphatic heterocycles. The molecule has 2 aromatic rings. The molecule has 0 radical (unpaired) electrons. The zero-order valence-electron chi connectivity index (χ0n) is 11.1. The topological polar surface area (TPSA) is 35.5 Å². The van der Waals surface area contributed by atoms with E-state index in [9.17, 15) is 4.79 Å². The van der Waals surface area contributed by atoms with E-state index in [0.717, 1.165) is 12.2 Å². The molecule has 20 heavy (non-hydrogen) atoms. The van der Waals surface area contributed by atoms with E-state index in [-0.39, 0.29) is 0 Å². The monoisotopic (exact) mass is 290 g/mol. The largest absolute Gasteiger partial charge is 0.494 e. The van der Waals surface area contributed by atoms with Crippen molar-refractivity contribution in [2.24, 2.45) is 0 Å². The van der Waals surface area contributed by atoms with E-state index >= 15 is 0 Å². The Labute approximate surface area is 123 Å². The molecule has 0 aromatic heterocycles. The second-order valence-corrected chi connectivity index (χ2v) is 4.63. The molecule has 4 heteroatoms. The first kappa shape index (κ1) is 14.4. The fourth-order valence-electron chi connectivity index (χ4n) is 1.63. The zero-order valence-corrected chi connectivity index (χ0v) is 11.9. The van der Waals surface area contributed by atoms with Crippen LogP contribution in [0.4, 0.5) is 0 Å². The van der Waals surface area contributed by atoms with Crippen LogP contribution >= 0.6 is 11.6 Å². The number of benzene rings is 2. The summed E-state index contributed by atoms with van der Waals surface area (Å²) in [5.41, 5.74) is 0.447. The van der Waals surface area contributed by atoms with Crippen LogP contribution in [0.15, 0.2) is 42.5 Å². The summed E-state index contributed by atoms with van der Waals surface area (Å²) in [4.78, 5) is 10.7. The van der Waals surface area contributed by atoms with Crippen LogP contribution in [0.3, 0.4) is 0 Å². The third-order valence-electron chi connectivity index (χ3n) is 2.63. The first-order chi connectivity index (χ1) is 9.72. The second kappa shape index (κ2) is 6.96. The van der Waals surface area contributed by atoms with Gasteiger partial charge in [0.2, 0.25) is 0 Å². The highest BCUT2D eigenvalue weighted by Gasteiger charge is 2.03. The van der Waals surface area contributed by atoms with Gasteiger partial charge >= 0.3 is 0 Å². The minimum Gasteiger partial charge on any atom is -0.494 e. The van der Waals surface area contributed by atoms with E-state index in [0.29, 0.717) is 35.0 Å². The number of hydrogen-bond donors (Lipinski definition) is 0. The molecule has 104 valence electrons. The molecule has 0 aliphatic carbocycles. The highest BCUT2D eigenvalue weighted by atomic mass is 35.5. The predicted molar refractivity (Wildman–Crippen MR) is 79.1 cm³/mol. The van der Waals surface area contributed by atoms with Crippen LogP contribution in [-0.2, 0) is 0 Å². The number of ether oxygens (including phenoxy) is 2. The van der Waals surface area contributed by atoms with E-state index in [4.69, 9.17) is 21.1 Å². The summed E-state index contributed by atoms with van der Waals surface area (Å²) in [5, 5.41) is 0.375. The molecular formula is C16H15ClO3. The average Bonchev–Trinajstić information content (AvgIpc) is 2.47. The van der Waals surface area contributed by atoms with Crippen LogP contribution in [0.2, 0.25) is 5.02 Å². The van der Waals surface area contributed by atoms with Crippen LogP contribution < -0.4 is 9.47 Å². The molecule has 0 saturated carbocycles. The summed E-state index contributed by atoms with van der Waals surface area (Å²) >= 11 is 5.95. The molecule has 0 heterocycles. The summed E-state index contributed by atoms with van der Waals surface area (Å²) in [6.07, 6.45) is 1.69. The van der Waals surface area contributed by atoms with Crippen LogP contribution in [0, 0.1) is 0 Å². The van der Waals surface area contributed by atoms with Crippen molar-refractivity contribution in [2.75, 3.05) is 6.61 Å². The molecule has 2 rings (SSSR count). The number of carbonyl (C=O) groups excluding carboxylic acids is 1. The Bertz CT molecular complexity index is 579. The minimum absolute atomic E-state index is 0.375. The highest BCUT2D eigenvalue weighted by Crippen LogP contribution is 2.27. The second-order valence-electron chi connectivity index (χ2n) is 4.22. The summed E-state index contributed by atoms with van der Waals surface area (Å²) in [5.74, 6) is 2.08. The van der Waals surface area contributed by atoms with E-state index in [1.807, 2.05) is 24.3 Å². The Kier molecular flexibility index (Phi) is 5.02. The number of aldehydes is 1. The van der Waals surface area contributed by atoms with Gasteiger partial charge in [-0.05, 0) is 42.8 Å². The van der Waals surface area contributed by atoms with Crippen molar-refractivity contribution in [3.05, 3.63) is 53.1 Å². The summed E-state index contributed by atoms with van der Waals surface area (Å²) in [6, 6.07) is 12.3. The molecule has 0 spiro atoms. The Morgan fingerprint density at radius 2 is 1.70 bits per heavy atom. The van der Waals surface area contributed by atoms with Crippen molar-refractivity contribution >= 4 is 17.9 Å². The van der Waals surface area contributed by atoms with Crippen LogP contribution in [0.1, 0.15) is 23.7 Å². The van der Waals surface area contributed by atoms with Gasteiger partial charge in [0.05, 0.1) is 11.6 Å². The van der Waals surface area contributed by atoms with Crippen molar-refractivity contribution in [1.29, 1.82) is 0 Å². The lowest BCUT2D eigenvalue weighted by Gasteiger charge is -2.08. The quantitative estimate of drug-likeness (QED) is 0.721. The first-order valence-electron chi connectivity index (χ1n) is 6.38. The third-order valence-corrected chi connectivity index (χ3v) is 2.96. The van der Waals surface area contributed by atoms with E-state index in [2.05, 4.69) is 6.92 Å². The zero-order chi connectivity index (χ0) is 14.4. The van der Waals surface area contributed by atoms with Crippen LogP contribution in [0.5, 0.6) is 17.2 Å². The first-order valence-corrected chi connectivity index (χ1v) is 6.76. The van der Waals surface area contributed by atoms with Crippen molar-refractivity contribution < 1.29 is 14.3 Å². The fourth-order valence-corrected chi connectivity index (χ4v) is 1.84. The summed E-state index contributed by atoms with van der Waals surface area (Å²) in [7, 11) is 0. The number of carbonyl (C=O) groups is 1. The van der Waals surface area contributed by atoms with E-state index in [1.165, 1.54) is 0 Å². The Morgan fingerprint density at radius 3 is 2.30 bits per heavy atom. The highest BCUT2D eigenvalue weighted by molar-refractivity contribution is 6.33. The average molecular weight is 291 g/mol. The molecule has 0 aliphatic rings. The van der Waals surface area contributed by atoms with Crippen molar-refractivity contribution in [3.8, 4) is 17.2 Å². The summed E-state index contributed by atoms with van der Waals surface area (Å²) in [6.45, 7) is 2.76. The Hall–Kier alpha value is -2.00. The number of hydrogen-bond acceptors (Lipinski definition) is 3. The molecule has 0 saturated heterocycles. The lowest BCUT2D eigenvalue weighted by molar-refractivity contribution is 0.112. The van der Waals surface area contributed by atoms with Crippen LogP contribution in [-0.4, -0.2) is 12.9 Å². The molecule has 2 aromatic carbocycles. The minimum atomic E-state index is 0.375.